The number of hydrogen-bond acceptors (Lipinski definition) is 5. The lowest BCUT2D eigenvalue weighted by atomic mass is 10.1. The van der Waals surface area contributed by atoms with Gasteiger partial charge in [0.15, 0.2) is 5.65 Å². The fourth-order valence-corrected chi connectivity index (χ4v) is 3.15. The minimum atomic E-state index is -4.51. The first-order chi connectivity index (χ1) is 12.5. The lowest BCUT2D eigenvalue weighted by Gasteiger charge is -2.22. The number of hydrogen-bond donors (Lipinski definition) is 2. The number of aromatic amines is 1. The average molecular weight is 362 g/mol. The molecular weight excluding hydrogens is 345 g/mol. The molecule has 9 heteroatoms. The van der Waals surface area contributed by atoms with E-state index in [0.717, 1.165) is 32.1 Å². The van der Waals surface area contributed by atoms with Crippen molar-refractivity contribution in [3.05, 3.63) is 36.0 Å². The zero-order valence-electron chi connectivity index (χ0n) is 13.8. The van der Waals surface area contributed by atoms with Gasteiger partial charge >= 0.3 is 6.18 Å². The zero-order valence-corrected chi connectivity index (χ0v) is 13.8. The van der Waals surface area contributed by atoms with E-state index in [2.05, 4.69) is 25.5 Å². The fraction of sp³-hybridized carbons (Fsp3) is 0.353. The van der Waals surface area contributed by atoms with Gasteiger partial charge in [0.2, 0.25) is 0 Å². The van der Waals surface area contributed by atoms with Crippen molar-refractivity contribution in [2.45, 2.75) is 12.6 Å². The Kier molecular flexibility index (Phi) is 4.23. The van der Waals surface area contributed by atoms with Gasteiger partial charge in [-0.3, -0.25) is 5.10 Å². The van der Waals surface area contributed by atoms with E-state index in [0.29, 0.717) is 23.4 Å². The van der Waals surface area contributed by atoms with Crippen LogP contribution in [-0.4, -0.2) is 46.3 Å². The SMILES string of the molecule is FC(F)(F)c1ccc(N2CCCNCC2)nc1-c1[nH]nc2ncccc12. The molecule has 0 aliphatic carbocycles. The van der Waals surface area contributed by atoms with Crippen LogP contribution < -0.4 is 10.2 Å². The van der Waals surface area contributed by atoms with Crippen LogP contribution in [0.15, 0.2) is 30.5 Å². The molecule has 4 rings (SSSR count). The molecule has 0 spiro atoms. The second-order valence-corrected chi connectivity index (χ2v) is 6.13. The van der Waals surface area contributed by atoms with Crippen molar-refractivity contribution in [2.24, 2.45) is 0 Å². The molecule has 3 aromatic rings. The van der Waals surface area contributed by atoms with Crippen molar-refractivity contribution >= 4 is 16.9 Å². The van der Waals surface area contributed by atoms with Gasteiger partial charge in [-0.2, -0.15) is 18.3 Å². The van der Waals surface area contributed by atoms with Crippen LogP contribution in [0.5, 0.6) is 0 Å². The summed E-state index contributed by atoms with van der Waals surface area (Å²) in [6, 6.07) is 5.89. The van der Waals surface area contributed by atoms with Crippen molar-refractivity contribution in [3.8, 4) is 11.4 Å². The Morgan fingerprint density at radius 2 is 1.96 bits per heavy atom. The Balaban J connectivity index is 1.86. The van der Waals surface area contributed by atoms with E-state index < -0.39 is 11.7 Å². The van der Waals surface area contributed by atoms with Crippen LogP contribution in [0.2, 0.25) is 0 Å². The molecule has 0 saturated carbocycles. The summed E-state index contributed by atoms with van der Waals surface area (Å²) in [5.41, 5.74) is -0.344. The minimum Gasteiger partial charge on any atom is -0.355 e. The summed E-state index contributed by atoms with van der Waals surface area (Å²) in [5.74, 6) is 0.531. The minimum absolute atomic E-state index is 0.150. The highest BCUT2D eigenvalue weighted by Crippen LogP contribution is 2.38. The van der Waals surface area contributed by atoms with E-state index in [9.17, 15) is 13.2 Å². The maximum Gasteiger partial charge on any atom is 0.418 e. The molecule has 26 heavy (non-hydrogen) atoms. The van der Waals surface area contributed by atoms with Gasteiger partial charge in [-0.05, 0) is 37.2 Å². The number of pyridine rings is 2. The summed E-state index contributed by atoms with van der Waals surface area (Å²) < 4.78 is 40.7. The Bertz CT molecular complexity index is 912. The summed E-state index contributed by atoms with van der Waals surface area (Å²) >= 11 is 0. The number of halogens is 3. The highest BCUT2D eigenvalue weighted by molar-refractivity contribution is 5.90. The molecule has 2 N–H and O–H groups in total. The summed E-state index contributed by atoms with van der Waals surface area (Å²) in [5, 5.41) is 10.5. The van der Waals surface area contributed by atoms with E-state index in [1.54, 1.807) is 18.3 Å². The molecule has 1 fully saturated rings. The van der Waals surface area contributed by atoms with Gasteiger partial charge in [-0.25, -0.2) is 9.97 Å². The van der Waals surface area contributed by atoms with E-state index >= 15 is 0 Å². The lowest BCUT2D eigenvalue weighted by Crippen LogP contribution is -2.29. The largest absolute Gasteiger partial charge is 0.418 e. The van der Waals surface area contributed by atoms with Crippen LogP contribution >= 0.6 is 0 Å². The number of nitrogens with zero attached hydrogens (tertiary/aromatic N) is 4. The Morgan fingerprint density at radius 3 is 2.81 bits per heavy atom. The van der Waals surface area contributed by atoms with Crippen LogP contribution in [0.25, 0.3) is 22.4 Å². The molecule has 136 valence electrons. The molecule has 1 aliphatic heterocycles. The first kappa shape index (κ1) is 16.8. The topological polar surface area (TPSA) is 69.7 Å². The lowest BCUT2D eigenvalue weighted by molar-refractivity contribution is -0.137. The first-order valence-corrected chi connectivity index (χ1v) is 8.37. The number of rotatable bonds is 2. The number of alkyl halides is 3. The van der Waals surface area contributed by atoms with Gasteiger partial charge in [0.1, 0.15) is 11.5 Å². The number of aromatic nitrogens is 4. The predicted octanol–water partition coefficient (Wildman–Crippen LogP) is 2.84. The van der Waals surface area contributed by atoms with Crippen molar-refractivity contribution in [1.82, 2.24) is 25.5 Å². The molecule has 0 unspecified atom stereocenters. The van der Waals surface area contributed by atoms with E-state index in [1.807, 2.05) is 4.90 Å². The van der Waals surface area contributed by atoms with Crippen LogP contribution in [0.1, 0.15) is 12.0 Å². The normalized spacial score (nSPS) is 16.0. The third kappa shape index (κ3) is 3.10. The maximum atomic E-state index is 13.6. The van der Waals surface area contributed by atoms with Crippen LogP contribution in [-0.2, 0) is 6.18 Å². The Morgan fingerprint density at radius 1 is 1.08 bits per heavy atom. The second kappa shape index (κ2) is 6.56. The predicted molar refractivity (Wildman–Crippen MR) is 91.8 cm³/mol. The summed E-state index contributed by atoms with van der Waals surface area (Å²) in [6.45, 7) is 3.11. The van der Waals surface area contributed by atoms with Gasteiger partial charge in [0, 0.05) is 31.2 Å². The van der Waals surface area contributed by atoms with E-state index in [4.69, 9.17) is 0 Å². The highest BCUT2D eigenvalue weighted by atomic mass is 19.4. The Hall–Kier alpha value is -2.68. The molecule has 0 aromatic carbocycles. The molecular formula is C17H17F3N6. The van der Waals surface area contributed by atoms with Crippen molar-refractivity contribution in [1.29, 1.82) is 0 Å². The number of fused-ring (bicyclic) bond motifs is 1. The maximum absolute atomic E-state index is 13.6. The monoisotopic (exact) mass is 362 g/mol. The standard InChI is InChI=1S/C17H17F3N6/c18-17(19,20)12-4-5-13(26-9-2-6-21-8-10-26)23-15(12)14-11-3-1-7-22-16(11)25-24-14/h1,3-5,7,21H,2,6,8-10H2,(H,22,24,25). The number of H-pyrrole nitrogens is 1. The Labute approximate surface area is 147 Å². The van der Waals surface area contributed by atoms with Gasteiger partial charge in [0.05, 0.1) is 11.3 Å². The molecule has 0 bridgehead atoms. The van der Waals surface area contributed by atoms with Crippen LogP contribution in [0, 0.1) is 0 Å². The summed E-state index contributed by atoms with van der Waals surface area (Å²) in [4.78, 5) is 10.5. The number of nitrogens with one attached hydrogen (secondary N) is 2. The third-order valence-electron chi connectivity index (χ3n) is 4.42. The molecule has 1 aliphatic rings. The van der Waals surface area contributed by atoms with Crippen molar-refractivity contribution in [2.75, 3.05) is 31.1 Å². The molecule has 1 saturated heterocycles. The summed E-state index contributed by atoms with van der Waals surface area (Å²) in [6.07, 6.45) is -2.05. The first-order valence-electron chi connectivity index (χ1n) is 8.37. The van der Waals surface area contributed by atoms with Gasteiger partial charge in [-0.15, -0.1) is 0 Å². The van der Waals surface area contributed by atoms with Crippen molar-refractivity contribution in [3.63, 3.8) is 0 Å². The molecule has 6 nitrogen and oxygen atoms in total. The third-order valence-corrected chi connectivity index (χ3v) is 4.42. The highest BCUT2D eigenvalue weighted by Gasteiger charge is 2.36. The van der Waals surface area contributed by atoms with Gasteiger partial charge < -0.3 is 10.2 Å². The van der Waals surface area contributed by atoms with E-state index in [1.165, 1.54) is 6.07 Å². The van der Waals surface area contributed by atoms with Crippen LogP contribution in [0.3, 0.4) is 0 Å². The van der Waals surface area contributed by atoms with E-state index in [-0.39, 0.29) is 11.4 Å². The molecule has 4 heterocycles. The molecule has 3 aromatic heterocycles. The second-order valence-electron chi connectivity index (χ2n) is 6.13. The molecule has 0 radical (unpaired) electrons. The number of anilines is 1. The van der Waals surface area contributed by atoms with Gasteiger partial charge in [0.25, 0.3) is 0 Å². The molecule has 0 atom stereocenters. The summed E-state index contributed by atoms with van der Waals surface area (Å²) in [7, 11) is 0. The smallest absolute Gasteiger partial charge is 0.355 e. The van der Waals surface area contributed by atoms with Crippen molar-refractivity contribution < 1.29 is 13.2 Å². The average Bonchev–Trinajstić information content (AvgIpc) is 2.86. The zero-order chi connectivity index (χ0) is 18.1. The van der Waals surface area contributed by atoms with Crippen LogP contribution in [0.4, 0.5) is 19.0 Å². The van der Waals surface area contributed by atoms with Gasteiger partial charge in [-0.1, -0.05) is 0 Å². The molecule has 0 amide bonds. The fourth-order valence-electron chi connectivity index (χ4n) is 3.15. The quantitative estimate of drug-likeness (QED) is 0.734.